The minimum Gasteiger partial charge on any atom is -0.348 e. The van der Waals surface area contributed by atoms with E-state index in [0.29, 0.717) is 6.54 Å². The van der Waals surface area contributed by atoms with Crippen LogP contribution >= 0.6 is 11.3 Å². The molecule has 1 aliphatic heterocycles. The molecule has 2 rings (SSSR count). The van der Waals surface area contributed by atoms with Gasteiger partial charge in [-0.1, -0.05) is 0 Å². The molecule has 0 atom stereocenters. The van der Waals surface area contributed by atoms with Crippen molar-refractivity contribution in [2.45, 2.75) is 20.4 Å². The van der Waals surface area contributed by atoms with Crippen molar-refractivity contribution >= 4 is 17.2 Å². The van der Waals surface area contributed by atoms with Gasteiger partial charge in [0.25, 0.3) is 0 Å². The molecule has 3 nitrogen and oxygen atoms in total. The zero-order valence-electron chi connectivity index (χ0n) is 9.59. The fourth-order valence-electron chi connectivity index (χ4n) is 1.55. The van der Waals surface area contributed by atoms with Crippen LogP contribution in [0.1, 0.15) is 18.1 Å². The maximum Gasteiger partial charge on any atom is 0.247 e. The van der Waals surface area contributed by atoms with Crippen LogP contribution in [0, 0.1) is 6.92 Å². The van der Waals surface area contributed by atoms with Crippen molar-refractivity contribution in [3.63, 3.8) is 0 Å². The first kappa shape index (κ1) is 11.4. The van der Waals surface area contributed by atoms with Crippen molar-refractivity contribution in [3.05, 3.63) is 33.0 Å². The lowest BCUT2D eigenvalue weighted by molar-refractivity contribution is -0.117. The number of carbonyl (C=O) groups is 1. The van der Waals surface area contributed by atoms with E-state index in [1.807, 2.05) is 6.92 Å². The average molecular weight is 236 g/mol. The molecule has 0 aromatic carbocycles. The first-order valence-corrected chi connectivity index (χ1v) is 6.32. The molecule has 0 radical (unpaired) electrons. The number of carbonyl (C=O) groups excluding carboxylic acids is 1. The van der Waals surface area contributed by atoms with E-state index in [1.165, 1.54) is 16.7 Å². The quantitative estimate of drug-likeness (QED) is 0.783. The van der Waals surface area contributed by atoms with Crippen molar-refractivity contribution in [2.24, 2.45) is 0 Å². The molecule has 0 spiro atoms. The van der Waals surface area contributed by atoms with Crippen molar-refractivity contribution in [2.75, 3.05) is 13.1 Å². The fourth-order valence-corrected chi connectivity index (χ4v) is 2.41. The van der Waals surface area contributed by atoms with Crippen molar-refractivity contribution in [3.8, 4) is 0 Å². The summed E-state index contributed by atoms with van der Waals surface area (Å²) >= 11 is 1.67. The van der Waals surface area contributed by atoms with Gasteiger partial charge in [-0.25, -0.2) is 0 Å². The Bertz CT molecular complexity index is 428. The monoisotopic (exact) mass is 236 g/mol. The maximum absolute atomic E-state index is 11.8. The standard InChI is InChI=1S/C12H16N2OS/c1-8-6-16-7-11(8)5-14-12(15)9(2)10-3-13-4-10/h6-7,13H,3-5H2,1-2H3,(H,14,15). The van der Waals surface area contributed by atoms with Crippen LogP contribution in [0.2, 0.25) is 0 Å². The smallest absolute Gasteiger partial charge is 0.247 e. The summed E-state index contributed by atoms with van der Waals surface area (Å²) in [7, 11) is 0. The van der Waals surface area contributed by atoms with Crippen molar-refractivity contribution < 1.29 is 4.79 Å². The van der Waals surface area contributed by atoms with E-state index >= 15 is 0 Å². The number of nitrogens with one attached hydrogen (secondary N) is 2. The molecule has 2 heterocycles. The van der Waals surface area contributed by atoms with Gasteiger partial charge in [0.05, 0.1) is 0 Å². The van der Waals surface area contributed by atoms with Gasteiger partial charge in [0, 0.05) is 25.2 Å². The van der Waals surface area contributed by atoms with E-state index in [2.05, 4.69) is 28.3 Å². The Morgan fingerprint density at radius 1 is 1.50 bits per heavy atom. The highest BCUT2D eigenvalue weighted by Gasteiger charge is 2.15. The Kier molecular flexibility index (Phi) is 3.41. The van der Waals surface area contributed by atoms with Gasteiger partial charge in [-0.3, -0.25) is 4.79 Å². The van der Waals surface area contributed by atoms with Crippen LogP contribution in [0.15, 0.2) is 21.9 Å². The second-order valence-electron chi connectivity index (χ2n) is 4.09. The molecule has 1 aromatic heterocycles. The Morgan fingerprint density at radius 3 is 2.75 bits per heavy atom. The maximum atomic E-state index is 11.8. The van der Waals surface area contributed by atoms with Crippen LogP contribution in [0.5, 0.6) is 0 Å². The number of hydrogen-bond donors (Lipinski definition) is 2. The fraction of sp³-hybridized carbons (Fsp3) is 0.417. The summed E-state index contributed by atoms with van der Waals surface area (Å²) in [5.41, 5.74) is 4.55. The number of hydrogen-bond acceptors (Lipinski definition) is 3. The molecular formula is C12H16N2OS. The zero-order valence-corrected chi connectivity index (χ0v) is 10.4. The first-order chi connectivity index (χ1) is 7.68. The Labute approximate surface area is 99.6 Å². The SMILES string of the molecule is CC(C(=O)NCc1cscc1C)=C1CNC1. The van der Waals surface area contributed by atoms with E-state index in [1.54, 1.807) is 11.3 Å². The second-order valence-corrected chi connectivity index (χ2v) is 4.84. The van der Waals surface area contributed by atoms with Gasteiger partial charge >= 0.3 is 0 Å². The van der Waals surface area contributed by atoms with E-state index in [-0.39, 0.29) is 5.91 Å². The topological polar surface area (TPSA) is 41.1 Å². The third kappa shape index (κ3) is 2.33. The van der Waals surface area contributed by atoms with Gasteiger partial charge in [0.1, 0.15) is 0 Å². The van der Waals surface area contributed by atoms with Crippen LogP contribution in [-0.4, -0.2) is 19.0 Å². The molecule has 1 saturated heterocycles. The van der Waals surface area contributed by atoms with Crippen LogP contribution < -0.4 is 10.6 Å². The van der Waals surface area contributed by atoms with Crippen LogP contribution in [0.3, 0.4) is 0 Å². The van der Waals surface area contributed by atoms with Crippen LogP contribution in [0.25, 0.3) is 0 Å². The normalized spacial score (nSPS) is 14.5. The van der Waals surface area contributed by atoms with Gasteiger partial charge in [-0.2, -0.15) is 11.3 Å². The highest BCUT2D eigenvalue weighted by Crippen LogP contribution is 2.14. The van der Waals surface area contributed by atoms with Gasteiger partial charge in [0.15, 0.2) is 0 Å². The van der Waals surface area contributed by atoms with E-state index < -0.39 is 0 Å². The summed E-state index contributed by atoms with van der Waals surface area (Å²) in [5.74, 6) is 0.0575. The molecule has 1 fully saturated rings. The molecule has 0 unspecified atom stereocenters. The Hall–Kier alpha value is -1.13. The van der Waals surface area contributed by atoms with E-state index in [4.69, 9.17) is 0 Å². The lowest BCUT2D eigenvalue weighted by atomic mass is 10.0. The van der Waals surface area contributed by atoms with E-state index in [0.717, 1.165) is 18.7 Å². The molecule has 1 amide bonds. The number of thiophene rings is 1. The summed E-state index contributed by atoms with van der Waals surface area (Å²) in [6.45, 7) is 6.31. The largest absolute Gasteiger partial charge is 0.348 e. The summed E-state index contributed by atoms with van der Waals surface area (Å²) in [4.78, 5) is 11.8. The minimum atomic E-state index is 0.0575. The van der Waals surface area contributed by atoms with Gasteiger partial charge < -0.3 is 10.6 Å². The molecule has 1 aliphatic rings. The molecule has 0 bridgehead atoms. The Balaban J connectivity index is 1.91. The lowest BCUT2D eigenvalue weighted by Gasteiger charge is -2.21. The number of rotatable bonds is 3. The molecule has 4 heteroatoms. The summed E-state index contributed by atoms with van der Waals surface area (Å²) in [6.07, 6.45) is 0. The molecule has 2 N–H and O–H groups in total. The summed E-state index contributed by atoms with van der Waals surface area (Å²) in [6, 6.07) is 0. The van der Waals surface area contributed by atoms with Gasteiger partial charge in [0.2, 0.25) is 5.91 Å². The highest BCUT2D eigenvalue weighted by atomic mass is 32.1. The lowest BCUT2D eigenvalue weighted by Crippen LogP contribution is -2.37. The summed E-state index contributed by atoms with van der Waals surface area (Å²) in [5, 5.41) is 10.3. The zero-order chi connectivity index (χ0) is 11.5. The number of aryl methyl sites for hydroxylation is 1. The third-order valence-electron chi connectivity index (χ3n) is 2.95. The van der Waals surface area contributed by atoms with Crippen LogP contribution in [0.4, 0.5) is 0 Å². The van der Waals surface area contributed by atoms with Gasteiger partial charge in [-0.05, 0) is 41.3 Å². The molecule has 0 aliphatic carbocycles. The average Bonchev–Trinajstić information content (AvgIpc) is 2.57. The second kappa shape index (κ2) is 4.80. The van der Waals surface area contributed by atoms with Crippen LogP contribution in [-0.2, 0) is 11.3 Å². The Morgan fingerprint density at radius 2 is 2.25 bits per heavy atom. The van der Waals surface area contributed by atoms with Crippen molar-refractivity contribution in [1.82, 2.24) is 10.6 Å². The highest BCUT2D eigenvalue weighted by molar-refractivity contribution is 7.08. The number of amides is 1. The first-order valence-electron chi connectivity index (χ1n) is 5.37. The molecular weight excluding hydrogens is 220 g/mol. The minimum absolute atomic E-state index is 0.0575. The third-order valence-corrected chi connectivity index (χ3v) is 3.86. The van der Waals surface area contributed by atoms with Gasteiger partial charge in [-0.15, -0.1) is 0 Å². The van der Waals surface area contributed by atoms with E-state index in [9.17, 15) is 4.79 Å². The molecule has 16 heavy (non-hydrogen) atoms. The predicted octanol–water partition coefficient (Wildman–Crippen LogP) is 1.59. The molecule has 0 saturated carbocycles. The molecule has 1 aromatic rings. The van der Waals surface area contributed by atoms with Crippen molar-refractivity contribution in [1.29, 1.82) is 0 Å². The predicted molar refractivity (Wildman–Crippen MR) is 66.5 cm³/mol. The molecule has 86 valence electrons. The summed E-state index contributed by atoms with van der Waals surface area (Å²) < 4.78 is 0.